The molecule has 2 aromatic heterocycles. The molecule has 1 atom stereocenters. The van der Waals surface area contributed by atoms with Gasteiger partial charge >= 0.3 is 11.8 Å². The zero-order chi connectivity index (χ0) is 37.2. The van der Waals surface area contributed by atoms with Crippen LogP contribution in [0.1, 0.15) is 53.5 Å². The van der Waals surface area contributed by atoms with Crippen molar-refractivity contribution >= 4 is 28.9 Å². The van der Waals surface area contributed by atoms with Crippen molar-refractivity contribution in [3.05, 3.63) is 89.0 Å². The van der Waals surface area contributed by atoms with Gasteiger partial charge in [-0.2, -0.15) is 5.26 Å². The van der Waals surface area contributed by atoms with E-state index in [2.05, 4.69) is 16.0 Å². The Bertz CT molecular complexity index is 2060. The largest absolute Gasteiger partial charge is 0.457 e. The number of carbonyl (C=O) groups excluding carboxylic acids is 2. The molecule has 2 amide bonds. The number of pyridine rings is 1. The number of carbonyl (C=O) groups is 2. The number of fused-ring (bicyclic) bond motifs is 1. The van der Waals surface area contributed by atoms with E-state index in [0.29, 0.717) is 73.8 Å². The average Bonchev–Trinajstić information content (AvgIpc) is 3.43. The summed E-state index contributed by atoms with van der Waals surface area (Å²) in [5, 5.41) is 10.2. The summed E-state index contributed by atoms with van der Waals surface area (Å²) >= 11 is 0. The molecular weight excluding hydrogens is 660 g/mol. The Morgan fingerprint density at radius 1 is 0.923 bits per heavy atom. The van der Waals surface area contributed by atoms with Crippen molar-refractivity contribution in [1.82, 2.24) is 28.8 Å². The number of piperazine rings is 1. The van der Waals surface area contributed by atoms with E-state index in [0.717, 1.165) is 0 Å². The number of benzene rings is 2. The summed E-state index contributed by atoms with van der Waals surface area (Å²) in [6, 6.07) is 20.2. The molecule has 2 saturated heterocycles. The van der Waals surface area contributed by atoms with Gasteiger partial charge in [-0.3, -0.25) is 18.8 Å². The fourth-order valence-corrected chi connectivity index (χ4v) is 6.97. The zero-order valence-corrected chi connectivity index (χ0v) is 30.4. The molecular formula is C39H46N8O5. The molecule has 0 spiro atoms. The van der Waals surface area contributed by atoms with Crippen molar-refractivity contribution in [2.24, 2.45) is 0 Å². The van der Waals surface area contributed by atoms with E-state index in [1.807, 2.05) is 65.0 Å². The third-order valence-corrected chi connectivity index (χ3v) is 9.53. The number of piperidine rings is 1. The van der Waals surface area contributed by atoms with Crippen LogP contribution in [-0.4, -0.2) is 91.2 Å². The minimum absolute atomic E-state index is 0.0428. The molecule has 2 fully saturated rings. The van der Waals surface area contributed by atoms with Gasteiger partial charge in [-0.25, -0.2) is 14.6 Å². The standard InChI is InChI=1S/C39H46N8O5/c1-38(2,3)52-37(50)43-20-22-45(23-21-43)39(4,5)24-27(25-40)35(48)44-19-9-10-29(26-44)46-32-17-18-42-34(41)33(32)47(36(46)49)28-13-15-31(16-14-28)51-30-11-7-6-8-12-30/h6-8,11-18,24,29H,9-10,19-23,26H2,1-5H3,(H2,41,42)/b27-24+. The molecule has 4 aromatic rings. The third kappa shape index (κ3) is 7.67. The Labute approximate surface area is 303 Å². The minimum Gasteiger partial charge on any atom is -0.457 e. The summed E-state index contributed by atoms with van der Waals surface area (Å²) in [6.07, 6.45) is 4.26. The predicted molar refractivity (Wildman–Crippen MR) is 198 cm³/mol. The molecule has 0 radical (unpaired) electrons. The second-order valence-corrected chi connectivity index (χ2v) is 14.8. The van der Waals surface area contributed by atoms with Crippen LogP contribution in [0, 0.1) is 11.3 Å². The third-order valence-electron chi connectivity index (χ3n) is 9.53. The van der Waals surface area contributed by atoms with Gasteiger partial charge in [0.15, 0.2) is 0 Å². The molecule has 13 heteroatoms. The van der Waals surface area contributed by atoms with Crippen molar-refractivity contribution in [2.45, 2.75) is 64.6 Å². The van der Waals surface area contributed by atoms with Crippen molar-refractivity contribution in [2.75, 3.05) is 45.0 Å². The van der Waals surface area contributed by atoms with Gasteiger partial charge in [0.1, 0.15) is 40.1 Å². The van der Waals surface area contributed by atoms with Gasteiger partial charge in [-0.15, -0.1) is 0 Å². The lowest BCUT2D eigenvalue weighted by Crippen LogP contribution is -2.56. The number of ether oxygens (including phenoxy) is 2. The van der Waals surface area contributed by atoms with E-state index in [4.69, 9.17) is 15.2 Å². The van der Waals surface area contributed by atoms with Crippen LogP contribution in [0.2, 0.25) is 0 Å². The van der Waals surface area contributed by atoms with Gasteiger partial charge in [-0.05, 0) is 96.0 Å². The monoisotopic (exact) mass is 706 g/mol. The Kier molecular flexibility index (Phi) is 10.1. The fraction of sp³-hybridized carbons (Fsp3) is 0.410. The maximum Gasteiger partial charge on any atom is 0.410 e. The van der Waals surface area contributed by atoms with Crippen molar-refractivity contribution in [1.29, 1.82) is 5.26 Å². The molecule has 0 saturated carbocycles. The molecule has 2 aromatic carbocycles. The normalized spacial score (nSPS) is 17.5. The number of nitriles is 1. The molecule has 0 bridgehead atoms. The highest BCUT2D eigenvalue weighted by Gasteiger charge is 2.35. The highest BCUT2D eigenvalue weighted by Crippen LogP contribution is 2.31. The Morgan fingerprint density at radius 3 is 2.25 bits per heavy atom. The smallest absolute Gasteiger partial charge is 0.410 e. The molecule has 52 heavy (non-hydrogen) atoms. The van der Waals surface area contributed by atoms with Crippen molar-refractivity contribution in [3.8, 4) is 23.3 Å². The van der Waals surface area contributed by atoms with Gasteiger partial charge in [0.2, 0.25) is 0 Å². The first-order valence-electron chi connectivity index (χ1n) is 17.6. The van der Waals surface area contributed by atoms with Crippen LogP contribution in [0.4, 0.5) is 10.6 Å². The summed E-state index contributed by atoms with van der Waals surface area (Å²) < 4.78 is 14.7. The molecule has 4 heterocycles. The molecule has 6 rings (SSSR count). The van der Waals surface area contributed by atoms with Gasteiger partial charge < -0.3 is 25.0 Å². The van der Waals surface area contributed by atoms with E-state index >= 15 is 0 Å². The second kappa shape index (κ2) is 14.6. The number of nitrogen functional groups attached to an aromatic ring is 1. The number of likely N-dealkylation sites (tertiary alicyclic amines) is 1. The lowest BCUT2D eigenvalue weighted by Gasteiger charge is -2.43. The first kappa shape index (κ1) is 36.2. The first-order valence-corrected chi connectivity index (χ1v) is 17.6. The average molecular weight is 707 g/mol. The maximum atomic E-state index is 14.3. The van der Waals surface area contributed by atoms with Crippen LogP contribution < -0.4 is 16.2 Å². The van der Waals surface area contributed by atoms with E-state index in [1.54, 1.807) is 61.5 Å². The lowest BCUT2D eigenvalue weighted by molar-refractivity contribution is -0.128. The van der Waals surface area contributed by atoms with E-state index in [1.165, 1.54) is 0 Å². The lowest BCUT2D eigenvalue weighted by atomic mass is 9.96. The molecule has 2 aliphatic heterocycles. The van der Waals surface area contributed by atoms with Gasteiger partial charge in [0.05, 0.1) is 17.2 Å². The van der Waals surface area contributed by atoms with Crippen LogP contribution >= 0.6 is 0 Å². The van der Waals surface area contributed by atoms with E-state index in [-0.39, 0.29) is 41.7 Å². The number of nitrogens with zero attached hydrogens (tertiary/aromatic N) is 7. The summed E-state index contributed by atoms with van der Waals surface area (Å²) in [5.41, 5.74) is 6.63. The van der Waals surface area contributed by atoms with E-state index < -0.39 is 11.1 Å². The number of hydrogen-bond donors (Lipinski definition) is 1. The minimum atomic E-state index is -0.632. The SMILES string of the molecule is CC(C)(C)OC(=O)N1CCN(C(C)(C)/C=C(\C#N)C(=O)N2CCCC(n3c(=O)n(-c4ccc(Oc5ccccc5)cc4)c4c(N)nccc43)C2)CC1. The topological polar surface area (TPSA) is 152 Å². The number of nitrogens with two attached hydrogens (primary N) is 1. The number of para-hydroxylation sites is 1. The van der Waals surface area contributed by atoms with Gasteiger partial charge in [0.25, 0.3) is 5.91 Å². The molecule has 2 N–H and O–H groups in total. The second-order valence-electron chi connectivity index (χ2n) is 14.8. The van der Waals surface area contributed by atoms with Crippen molar-refractivity contribution in [3.63, 3.8) is 0 Å². The molecule has 1 unspecified atom stereocenters. The first-order chi connectivity index (χ1) is 24.8. The molecule has 272 valence electrons. The molecule has 13 nitrogen and oxygen atoms in total. The predicted octanol–water partition coefficient (Wildman–Crippen LogP) is 5.51. The van der Waals surface area contributed by atoms with Crippen LogP contribution in [-0.2, 0) is 9.53 Å². The highest BCUT2D eigenvalue weighted by molar-refractivity contribution is 5.97. The number of imidazole rings is 1. The Balaban J connectivity index is 1.21. The van der Waals surface area contributed by atoms with Crippen molar-refractivity contribution < 1.29 is 19.1 Å². The summed E-state index contributed by atoms with van der Waals surface area (Å²) in [7, 11) is 0. The van der Waals surface area contributed by atoms with Gasteiger partial charge in [0, 0.05) is 51.0 Å². The zero-order valence-electron chi connectivity index (χ0n) is 30.4. The number of hydrogen-bond acceptors (Lipinski definition) is 9. The summed E-state index contributed by atoms with van der Waals surface area (Å²) in [4.78, 5) is 50.6. The molecule has 0 aliphatic carbocycles. The molecule has 2 aliphatic rings. The van der Waals surface area contributed by atoms with E-state index in [9.17, 15) is 19.6 Å². The van der Waals surface area contributed by atoms with Crippen LogP contribution in [0.15, 0.2) is 83.3 Å². The number of aromatic nitrogens is 3. The number of rotatable bonds is 7. The number of amides is 2. The van der Waals surface area contributed by atoms with Crippen LogP contribution in [0.5, 0.6) is 11.5 Å². The maximum absolute atomic E-state index is 14.3. The van der Waals surface area contributed by atoms with Gasteiger partial charge in [-0.1, -0.05) is 18.2 Å². The number of anilines is 1. The van der Waals surface area contributed by atoms with Crippen LogP contribution in [0.3, 0.4) is 0 Å². The summed E-state index contributed by atoms with van der Waals surface area (Å²) in [6.45, 7) is 12.2. The Hall–Kier alpha value is -5.61. The fourth-order valence-electron chi connectivity index (χ4n) is 6.97. The quantitative estimate of drug-likeness (QED) is 0.194. The summed E-state index contributed by atoms with van der Waals surface area (Å²) in [5.74, 6) is 1.15. The highest BCUT2D eigenvalue weighted by atomic mass is 16.6. The van der Waals surface area contributed by atoms with Crippen LogP contribution in [0.25, 0.3) is 16.7 Å². The Morgan fingerprint density at radius 2 is 1.60 bits per heavy atom.